The second-order valence-electron chi connectivity index (χ2n) is 7.49. The average Bonchev–Trinajstić information content (AvgIpc) is 3.36. The van der Waals surface area contributed by atoms with Gasteiger partial charge in [0.25, 0.3) is 5.91 Å². The van der Waals surface area contributed by atoms with Crippen LogP contribution in [0, 0.1) is 11.6 Å². The number of nitrogens with two attached hydrogens (primary N) is 1. The van der Waals surface area contributed by atoms with E-state index in [9.17, 15) is 28.0 Å². The minimum atomic E-state index is -1.21. The normalized spacial score (nSPS) is 16.4. The van der Waals surface area contributed by atoms with E-state index in [0.717, 1.165) is 28.8 Å². The Balaban J connectivity index is 1.73. The lowest BCUT2D eigenvalue weighted by Crippen LogP contribution is -2.53. The maximum atomic E-state index is 13.5. The fourth-order valence-corrected chi connectivity index (χ4v) is 5.49. The zero-order valence-electron chi connectivity index (χ0n) is 18.1. The molecule has 3 amide bonds. The molecule has 1 aromatic heterocycles. The number of benzene rings is 1. The summed E-state index contributed by atoms with van der Waals surface area (Å²) in [6.07, 6.45) is 1.01. The SMILES string of the molecule is C[C@@H](C(=O)N[C@@H](CCC(=O)O)C(N)=O)N1C(=O)/C(=C/c2cc(-c3ccc(F)c(F)c3)cs2)SC1=S. The summed E-state index contributed by atoms with van der Waals surface area (Å²) in [5.74, 6) is -5.20. The highest BCUT2D eigenvalue weighted by atomic mass is 32.2. The maximum Gasteiger partial charge on any atom is 0.303 e. The molecule has 2 heterocycles. The summed E-state index contributed by atoms with van der Waals surface area (Å²) in [5, 5.41) is 12.9. The van der Waals surface area contributed by atoms with Gasteiger partial charge in [0.1, 0.15) is 16.4 Å². The maximum absolute atomic E-state index is 13.5. The summed E-state index contributed by atoms with van der Waals surface area (Å²) in [5.41, 5.74) is 6.36. The second-order valence-corrected chi connectivity index (χ2v) is 10.1. The van der Waals surface area contributed by atoms with Gasteiger partial charge in [0.05, 0.1) is 4.91 Å². The van der Waals surface area contributed by atoms with E-state index in [1.807, 2.05) is 0 Å². The van der Waals surface area contributed by atoms with Crippen molar-refractivity contribution in [1.29, 1.82) is 0 Å². The number of rotatable bonds is 9. The molecule has 8 nitrogen and oxygen atoms in total. The van der Waals surface area contributed by atoms with E-state index in [1.165, 1.54) is 24.3 Å². The van der Waals surface area contributed by atoms with Crippen LogP contribution >= 0.6 is 35.3 Å². The first-order valence-corrected chi connectivity index (χ1v) is 12.2. The molecule has 184 valence electrons. The minimum Gasteiger partial charge on any atom is -0.481 e. The summed E-state index contributed by atoms with van der Waals surface area (Å²) < 4.78 is 26.9. The molecule has 2 atom stereocenters. The van der Waals surface area contributed by atoms with Crippen LogP contribution in [-0.2, 0) is 19.2 Å². The number of nitrogens with zero attached hydrogens (tertiary/aromatic N) is 1. The van der Waals surface area contributed by atoms with Gasteiger partial charge >= 0.3 is 5.97 Å². The Kier molecular flexibility index (Phi) is 8.35. The molecule has 3 rings (SSSR count). The van der Waals surface area contributed by atoms with Crippen molar-refractivity contribution >= 4 is 69.4 Å². The first-order valence-electron chi connectivity index (χ1n) is 10.1. The number of halogens is 2. The number of nitrogens with one attached hydrogen (secondary N) is 1. The van der Waals surface area contributed by atoms with Crippen molar-refractivity contribution in [3.8, 4) is 11.1 Å². The molecule has 13 heteroatoms. The van der Waals surface area contributed by atoms with Crippen molar-refractivity contribution < 1.29 is 33.1 Å². The molecule has 0 unspecified atom stereocenters. The Hall–Kier alpha value is -3.16. The number of hydrogen-bond donors (Lipinski definition) is 3. The monoisotopic (exact) mass is 539 g/mol. The predicted molar refractivity (Wildman–Crippen MR) is 132 cm³/mol. The predicted octanol–water partition coefficient (Wildman–Crippen LogP) is 3.12. The molecular weight excluding hydrogens is 520 g/mol. The van der Waals surface area contributed by atoms with Crippen molar-refractivity contribution in [2.45, 2.75) is 31.8 Å². The van der Waals surface area contributed by atoms with Crippen molar-refractivity contribution in [2.75, 3.05) is 0 Å². The Labute approximate surface area is 212 Å². The van der Waals surface area contributed by atoms with Crippen molar-refractivity contribution in [2.24, 2.45) is 5.73 Å². The standard InChI is InChI=1S/C22H19F2N3O5S3/c1-10(20(31)26-16(19(25)30)4-5-18(28)29)27-21(32)17(35-22(27)33)8-13-6-12(9-34-13)11-2-3-14(23)15(24)7-11/h2-3,6-10,16H,4-5H2,1H3,(H2,25,30)(H,26,31)(H,28,29)/b17-8-/t10-,16-/m0/s1. The Morgan fingerprint density at radius 1 is 1.23 bits per heavy atom. The minimum absolute atomic E-state index is 0.127. The number of primary amides is 1. The van der Waals surface area contributed by atoms with Gasteiger partial charge in [-0.15, -0.1) is 11.3 Å². The van der Waals surface area contributed by atoms with Gasteiger partial charge in [-0.2, -0.15) is 0 Å². The van der Waals surface area contributed by atoms with Gasteiger partial charge in [-0.3, -0.25) is 24.1 Å². The van der Waals surface area contributed by atoms with Gasteiger partial charge in [0, 0.05) is 11.3 Å². The molecule has 0 radical (unpaired) electrons. The zero-order chi connectivity index (χ0) is 25.9. The molecule has 0 aliphatic carbocycles. The van der Waals surface area contributed by atoms with E-state index in [0.29, 0.717) is 16.0 Å². The smallest absolute Gasteiger partial charge is 0.303 e. The van der Waals surface area contributed by atoms with Crippen LogP contribution in [0.1, 0.15) is 24.6 Å². The van der Waals surface area contributed by atoms with Crippen LogP contribution in [0.3, 0.4) is 0 Å². The molecule has 1 aliphatic rings. The Bertz CT molecular complexity index is 1250. The summed E-state index contributed by atoms with van der Waals surface area (Å²) in [7, 11) is 0. The molecule has 4 N–H and O–H groups in total. The van der Waals surface area contributed by atoms with Gasteiger partial charge in [0.15, 0.2) is 11.6 Å². The van der Waals surface area contributed by atoms with Crippen LogP contribution in [0.15, 0.2) is 34.6 Å². The molecule has 35 heavy (non-hydrogen) atoms. The summed E-state index contributed by atoms with van der Waals surface area (Å²) >= 11 is 7.54. The zero-order valence-corrected chi connectivity index (χ0v) is 20.6. The number of thiocarbonyl (C=S) groups is 1. The number of thioether (sulfide) groups is 1. The molecule has 2 aromatic rings. The van der Waals surface area contributed by atoms with Crippen molar-refractivity contribution in [3.63, 3.8) is 0 Å². The lowest BCUT2D eigenvalue weighted by molar-refractivity contribution is -0.138. The van der Waals surface area contributed by atoms with Gasteiger partial charge in [-0.05, 0) is 54.1 Å². The van der Waals surface area contributed by atoms with E-state index in [-0.39, 0.29) is 22.1 Å². The second kappa shape index (κ2) is 11.1. The highest BCUT2D eigenvalue weighted by molar-refractivity contribution is 8.26. The van der Waals surface area contributed by atoms with Gasteiger partial charge in [-0.25, -0.2) is 8.78 Å². The molecule has 0 spiro atoms. The summed E-state index contributed by atoms with van der Waals surface area (Å²) in [6, 6.07) is 2.97. The molecule has 1 saturated heterocycles. The summed E-state index contributed by atoms with van der Waals surface area (Å²) in [4.78, 5) is 50.0. The van der Waals surface area contributed by atoms with Crippen LogP contribution in [-0.4, -0.2) is 50.1 Å². The highest BCUT2D eigenvalue weighted by Crippen LogP contribution is 2.36. The third-order valence-electron chi connectivity index (χ3n) is 5.04. The topological polar surface area (TPSA) is 130 Å². The molecule has 1 fully saturated rings. The number of carboxylic acid groups (broad SMARTS) is 1. The average molecular weight is 540 g/mol. The van der Waals surface area contributed by atoms with Crippen molar-refractivity contribution in [1.82, 2.24) is 10.2 Å². The third kappa shape index (κ3) is 6.29. The number of thiophene rings is 1. The number of amides is 3. The molecular formula is C22H19F2N3O5S3. The quantitative estimate of drug-likeness (QED) is 0.330. The van der Waals surface area contributed by atoms with E-state index >= 15 is 0 Å². The lowest BCUT2D eigenvalue weighted by atomic mass is 10.1. The first kappa shape index (κ1) is 26.4. The van der Waals surface area contributed by atoms with Crippen LogP contribution in [0.25, 0.3) is 17.2 Å². The largest absolute Gasteiger partial charge is 0.481 e. The molecule has 0 bridgehead atoms. The van der Waals surface area contributed by atoms with E-state index in [4.69, 9.17) is 23.1 Å². The van der Waals surface area contributed by atoms with Gasteiger partial charge in [-0.1, -0.05) is 30.0 Å². The van der Waals surface area contributed by atoms with Crippen LogP contribution in [0.4, 0.5) is 8.78 Å². The van der Waals surface area contributed by atoms with Crippen LogP contribution in [0.2, 0.25) is 0 Å². The van der Waals surface area contributed by atoms with E-state index in [2.05, 4.69) is 5.32 Å². The fraction of sp³-hybridized carbons (Fsp3) is 0.227. The molecule has 0 saturated carbocycles. The third-order valence-corrected chi connectivity index (χ3v) is 7.25. The van der Waals surface area contributed by atoms with Crippen LogP contribution < -0.4 is 11.1 Å². The fourth-order valence-electron chi connectivity index (χ4n) is 3.16. The molecule has 1 aromatic carbocycles. The Morgan fingerprint density at radius 2 is 1.94 bits per heavy atom. The number of aliphatic carboxylic acids is 1. The lowest BCUT2D eigenvalue weighted by Gasteiger charge is -2.24. The molecule has 1 aliphatic heterocycles. The van der Waals surface area contributed by atoms with Gasteiger partial charge < -0.3 is 16.2 Å². The van der Waals surface area contributed by atoms with E-state index in [1.54, 1.807) is 17.5 Å². The van der Waals surface area contributed by atoms with E-state index < -0.39 is 47.4 Å². The highest BCUT2D eigenvalue weighted by Gasteiger charge is 2.39. The van der Waals surface area contributed by atoms with Gasteiger partial charge in [0.2, 0.25) is 11.8 Å². The number of hydrogen-bond acceptors (Lipinski definition) is 7. The first-order chi connectivity index (χ1) is 16.5. The van der Waals surface area contributed by atoms with Crippen molar-refractivity contribution in [3.05, 3.63) is 51.1 Å². The van der Waals surface area contributed by atoms with Crippen LogP contribution in [0.5, 0.6) is 0 Å². The number of carbonyl (C=O) groups excluding carboxylic acids is 3. The Morgan fingerprint density at radius 3 is 2.57 bits per heavy atom. The number of carboxylic acids is 1. The number of carbonyl (C=O) groups is 4. The summed E-state index contributed by atoms with van der Waals surface area (Å²) in [6.45, 7) is 1.42.